The molecule has 18 heavy (non-hydrogen) atoms. The van der Waals surface area contributed by atoms with Gasteiger partial charge in [-0.05, 0) is 29.8 Å². The minimum atomic E-state index is -0.558. The van der Waals surface area contributed by atoms with Crippen molar-refractivity contribution in [1.82, 2.24) is 0 Å². The van der Waals surface area contributed by atoms with Gasteiger partial charge >= 0.3 is 0 Å². The van der Waals surface area contributed by atoms with E-state index in [1.807, 2.05) is 13.8 Å². The zero-order valence-electron chi connectivity index (χ0n) is 10.1. The molecule has 1 aromatic rings. The van der Waals surface area contributed by atoms with Crippen molar-refractivity contribution >= 4 is 27.3 Å². The highest BCUT2D eigenvalue weighted by Crippen LogP contribution is 2.30. The van der Waals surface area contributed by atoms with Crippen LogP contribution in [0.15, 0.2) is 16.6 Å². The SMILES string of the molecule is CCOC(C)CNc1cc(F)c(Br)cc1[N+](=O)[O-]. The lowest BCUT2D eigenvalue weighted by Gasteiger charge is -2.13. The maximum atomic E-state index is 13.4. The highest BCUT2D eigenvalue weighted by atomic mass is 79.9. The lowest BCUT2D eigenvalue weighted by atomic mass is 10.2. The second-order valence-electron chi connectivity index (χ2n) is 3.69. The van der Waals surface area contributed by atoms with Crippen molar-refractivity contribution in [3.05, 3.63) is 32.5 Å². The van der Waals surface area contributed by atoms with E-state index >= 15 is 0 Å². The predicted octanol–water partition coefficient (Wildman–Crippen LogP) is 3.33. The van der Waals surface area contributed by atoms with E-state index in [0.29, 0.717) is 13.2 Å². The summed E-state index contributed by atoms with van der Waals surface area (Å²) in [4.78, 5) is 10.3. The molecule has 0 aliphatic carbocycles. The number of halogens is 2. The van der Waals surface area contributed by atoms with E-state index in [1.165, 1.54) is 0 Å². The second kappa shape index (κ2) is 6.65. The summed E-state index contributed by atoms with van der Waals surface area (Å²) in [6, 6.07) is 2.24. The molecule has 0 heterocycles. The van der Waals surface area contributed by atoms with E-state index in [0.717, 1.165) is 12.1 Å². The minimum absolute atomic E-state index is 0.0672. The van der Waals surface area contributed by atoms with Crippen LogP contribution in [-0.4, -0.2) is 24.2 Å². The Kier molecular flexibility index (Phi) is 5.49. The molecule has 0 saturated heterocycles. The van der Waals surface area contributed by atoms with Gasteiger partial charge < -0.3 is 10.1 Å². The minimum Gasteiger partial charge on any atom is -0.377 e. The van der Waals surface area contributed by atoms with Gasteiger partial charge in [-0.2, -0.15) is 0 Å². The van der Waals surface area contributed by atoms with Crippen LogP contribution in [0.5, 0.6) is 0 Å². The van der Waals surface area contributed by atoms with Crippen LogP contribution >= 0.6 is 15.9 Å². The van der Waals surface area contributed by atoms with E-state index < -0.39 is 10.7 Å². The largest absolute Gasteiger partial charge is 0.377 e. The number of ether oxygens (including phenoxy) is 1. The lowest BCUT2D eigenvalue weighted by molar-refractivity contribution is -0.384. The van der Waals surface area contributed by atoms with E-state index in [2.05, 4.69) is 21.2 Å². The molecule has 0 saturated carbocycles. The topological polar surface area (TPSA) is 64.4 Å². The molecule has 0 aliphatic heterocycles. The first-order valence-corrected chi connectivity index (χ1v) is 6.24. The van der Waals surface area contributed by atoms with Gasteiger partial charge in [0.15, 0.2) is 0 Å². The molecular weight excluding hydrogens is 307 g/mol. The van der Waals surface area contributed by atoms with Crippen LogP contribution in [0, 0.1) is 15.9 Å². The fourth-order valence-electron chi connectivity index (χ4n) is 1.43. The van der Waals surface area contributed by atoms with Gasteiger partial charge in [0.2, 0.25) is 0 Å². The smallest absolute Gasteiger partial charge is 0.293 e. The van der Waals surface area contributed by atoms with Crippen molar-refractivity contribution < 1.29 is 14.1 Å². The van der Waals surface area contributed by atoms with E-state index in [-0.39, 0.29) is 22.0 Å². The average molecular weight is 321 g/mol. The summed E-state index contributed by atoms with van der Waals surface area (Å²) in [7, 11) is 0. The standard InChI is InChI=1S/C11H14BrFN2O3/c1-3-18-7(2)6-14-10-5-9(13)8(12)4-11(10)15(16)17/h4-5,7,14H,3,6H2,1-2H3. The summed E-state index contributed by atoms with van der Waals surface area (Å²) >= 11 is 2.92. The summed E-state index contributed by atoms with van der Waals surface area (Å²) in [5.74, 6) is -0.549. The van der Waals surface area contributed by atoms with Gasteiger partial charge in [-0.3, -0.25) is 10.1 Å². The van der Waals surface area contributed by atoms with Crippen molar-refractivity contribution in [2.75, 3.05) is 18.5 Å². The molecular formula is C11H14BrFN2O3. The molecule has 5 nitrogen and oxygen atoms in total. The molecule has 1 rings (SSSR count). The van der Waals surface area contributed by atoms with Crippen LogP contribution < -0.4 is 5.32 Å². The third-order valence-corrected chi connectivity index (χ3v) is 2.87. The molecule has 0 radical (unpaired) electrons. The molecule has 0 bridgehead atoms. The van der Waals surface area contributed by atoms with Crippen LogP contribution in [0.2, 0.25) is 0 Å². The number of hydrogen-bond donors (Lipinski definition) is 1. The Hall–Kier alpha value is -1.21. The van der Waals surface area contributed by atoms with Gasteiger partial charge in [-0.1, -0.05) is 0 Å². The molecule has 0 spiro atoms. The molecule has 1 N–H and O–H groups in total. The van der Waals surface area contributed by atoms with Crippen molar-refractivity contribution in [3.63, 3.8) is 0 Å². The average Bonchev–Trinajstić information content (AvgIpc) is 2.30. The number of nitrogens with one attached hydrogen (secondary N) is 1. The second-order valence-corrected chi connectivity index (χ2v) is 4.54. The number of nitrogens with zero attached hydrogens (tertiary/aromatic N) is 1. The molecule has 0 fully saturated rings. The molecule has 1 unspecified atom stereocenters. The summed E-state index contributed by atoms with van der Waals surface area (Å²) in [5.41, 5.74) is -0.0285. The van der Waals surface area contributed by atoms with Crippen LogP contribution in [0.25, 0.3) is 0 Å². The van der Waals surface area contributed by atoms with Gasteiger partial charge in [0.25, 0.3) is 5.69 Å². The van der Waals surface area contributed by atoms with Gasteiger partial charge in [-0.15, -0.1) is 0 Å². The normalized spacial score (nSPS) is 12.2. The molecule has 0 amide bonds. The predicted molar refractivity (Wildman–Crippen MR) is 70.3 cm³/mol. The monoisotopic (exact) mass is 320 g/mol. The maximum absolute atomic E-state index is 13.4. The van der Waals surface area contributed by atoms with Crippen LogP contribution in [-0.2, 0) is 4.74 Å². The molecule has 0 aromatic heterocycles. The molecule has 0 aliphatic rings. The Morgan fingerprint density at radius 2 is 2.28 bits per heavy atom. The number of hydrogen-bond acceptors (Lipinski definition) is 4. The fourth-order valence-corrected chi connectivity index (χ4v) is 1.76. The van der Waals surface area contributed by atoms with Gasteiger partial charge in [-0.25, -0.2) is 4.39 Å². The van der Waals surface area contributed by atoms with Gasteiger partial charge in [0.1, 0.15) is 11.5 Å². The quantitative estimate of drug-likeness (QED) is 0.645. The third kappa shape index (κ3) is 3.92. The Morgan fingerprint density at radius 1 is 1.61 bits per heavy atom. The Labute approximate surface area is 113 Å². The molecule has 100 valence electrons. The highest BCUT2D eigenvalue weighted by Gasteiger charge is 2.17. The van der Waals surface area contributed by atoms with Crippen LogP contribution in [0.3, 0.4) is 0 Å². The lowest BCUT2D eigenvalue weighted by Crippen LogP contribution is -2.20. The van der Waals surface area contributed by atoms with Crippen molar-refractivity contribution in [2.45, 2.75) is 20.0 Å². The van der Waals surface area contributed by atoms with Crippen molar-refractivity contribution in [1.29, 1.82) is 0 Å². The van der Waals surface area contributed by atoms with Crippen molar-refractivity contribution in [3.8, 4) is 0 Å². The molecule has 1 aromatic carbocycles. The van der Waals surface area contributed by atoms with Gasteiger partial charge in [0, 0.05) is 25.3 Å². The number of benzene rings is 1. The summed E-state index contributed by atoms with van der Waals surface area (Å²) in [6.07, 6.45) is -0.110. The van der Waals surface area contributed by atoms with E-state index in [1.54, 1.807) is 0 Å². The highest BCUT2D eigenvalue weighted by molar-refractivity contribution is 9.10. The van der Waals surface area contributed by atoms with Gasteiger partial charge in [0.05, 0.1) is 15.5 Å². The Morgan fingerprint density at radius 3 is 2.83 bits per heavy atom. The zero-order chi connectivity index (χ0) is 13.7. The van der Waals surface area contributed by atoms with E-state index in [4.69, 9.17) is 4.74 Å². The first-order chi connectivity index (χ1) is 8.45. The first-order valence-electron chi connectivity index (χ1n) is 5.44. The summed E-state index contributed by atoms with van der Waals surface area (Å²) in [5, 5.41) is 13.7. The Balaban J connectivity index is 2.86. The maximum Gasteiger partial charge on any atom is 0.293 e. The van der Waals surface area contributed by atoms with Crippen LogP contribution in [0.1, 0.15) is 13.8 Å². The van der Waals surface area contributed by atoms with Crippen LogP contribution in [0.4, 0.5) is 15.8 Å². The fraction of sp³-hybridized carbons (Fsp3) is 0.455. The number of anilines is 1. The summed E-state index contributed by atoms with van der Waals surface area (Å²) in [6.45, 7) is 4.62. The number of rotatable bonds is 6. The van der Waals surface area contributed by atoms with E-state index in [9.17, 15) is 14.5 Å². The summed E-state index contributed by atoms with van der Waals surface area (Å²) < 4.78 is 18.7. The number of nitro groups is 1. The first kappa shape index (κ1) is 14.8. The zero-order valence-corrected chi connectivity index (χ0v) is 11.7. The third-order valence-electron chi connectivity index (χ3n) is 2.27. The van der Waals surface area contributed by atoms with Crippen molar-refractivity contribution in [2.24, 2.45) is 0 Å². The Bertz CT molecular complexity index is 443. The number of nitro benzene ring substituents is 1. The molecule has 7 heteroatoms. The molecule has 1 atom stereocenters.